The van der Waals surface area contributed by atoms with Crippen LogP contribution in [0.1, 0.15) is 93.9 Å². The van der Waals surface area contributed by atoms with Gasteiger partial charge in [-0.2, -0.15) is 5.01 Å². The van der Waals surface area contributed by atoms with E-state index in [1.807, 2.05) is 45.1 Å². The van der Waals surface area contributed by atoms with Gasteiger partial charge in [0.2, 0.25) is 5.91 Å². The highest BCUT2D eigenvalue weighted by molar-refractivity contribution is 7.91. The van der Waals surface area contributed by atoms with Crippen LogP contribution in [0.4, 0.5) is 14.6 Å². The Kier molecular flexibility index (Phi) is 15.1. The molecule has 0 saturated carbocycles. The van der Waals surface area contributed by atoms with Crippen molar-refractivity contribution in [2.75, 3.05) is 49.7 Å². The van der Waals surface area contributed by atoms with E-state index in [0.29, 0.717) is 73.6 Å². The third-order valence-electron chi connectivity index (χ3n) is 15.1. The fourth-order valence-corrected chi connectivity index (χ4v) is 13.0. The molecule has 19 nitrogen and oxygen atoms in total. The minimum atomic E-state index is -3.81. The Morgan fingerprint density at radius 3 is 2.58 bits per heavy atom. The maximum absolute atomic E-state index is 15.4. The fraction of sp³-hybridized carbons (Fsp3) is 0.436. The summed E-state index contributed by atoms with van der Waals surface area (Å²) in [5.41, 5.74) is 8.96. The quantitative estimate of drug-likeness (QED) is 0.0744. The van der Waals surface area contributed by atoms with Crippen LogP contribution in [0.2, 0.25) is 0 Å². The van der Waals surface area contributed by atoms with Gasteiger partial charge in [-0.05, 0) is 78.9 Å². The summed E-state index contributed by atoms with van der Waals surface area (Å²) in [6, 6.07) is 11.1. The number of β-amino-alcohol motifs (C(OH)–C–C–N with tert-alkyl or cyclic N) is 1. The lowest BCUT2D eigenvalue weighted by molar-refractivity contribution is -0.134. The van der Waals surface area contributed by atoms with Crippen LogP contribution in [0.3, 0.4) is 0 Å². The lowest BCUT2D eigenvalue weighted by Gasteiger charge is -2.32. The summed E-state index contributed by atoms with van der Waals surface area (Å²) in [6.45, 7) is 11.4. The molecule has 2 amide bonds. The first-order valence-corrected chi connectivity index (χ1v) is 29.1. The Morgan fingerprint density at radius 1 is 1.09 bits per heavy atom. The number of unbranched alkanes of at least 4 members (excludes halogenated alkanes) is 2. The minimum Gasteiger partial charge on any atom is -0.476 e. The van der Waals surface area contributed by atoms with Crippen molar-refractivity contribution in [1.29, 1.82) is 0 Å². The molecule has 412 valence electrons. The first kappa shape index (κ1) is 54.3. The predicted octanol–water partition coefficient (Wildman–Crippen LogP) is 5.95. The molecule has 5 aromatic rings. The molecule has 1 aliphatic carbocycles. The number of hydrogen-bond acceptors (Lipinski definition) is 17. The molecule has 10 rings (SSSR count). The number of amides is 2. The summed E-state index contributed by atoms with van der Waals surface area (Å²) in [6.07, 6.45) is 6.60. The third kappa shape index (κ3) is 10.3. The summed E-state index contributed by atoms with van der Waals surface area (Å²) in [4.78, 5) is 61.2. The number of aliphatic imine (C=N–C) groups is 1. The number of sulfone groups is 1. The monoisotopic (exact) mass is 1110 g/mol. The molecular formula is C55H63F2N11O8S2. The zero-order valence-corrected chi connectivity index (χ0v) is 46.1. The van der Waals surface area contributed by atoms with E-state index < -0.39 is 68.5 Å². The highest BCUT2D eigenvalue weighted by Crippen LogP contribution is 2.48. The van der Waals surface area contributed by atoms with E-state index in [0.717, 1.165) is 40.2 Å². The molecular weight excluding hydrogens is 1040 g/mol. The summed E-state index contributed by atoms with van der Waals surface area (Å²) in [7, 11) is -2.23. The van der Waals surface area contributed by atoms with Crippen LogP contribution in [0.5, 0.6) is 5.88 Å². The smallest absolute Gasteiger partial charge is 0.260 e. The number of thiazole rings is 1. The molecule has 0 bridgehead atoms. The average Bonchev–Trinajstić information content (AvgIpc) is 4.45. The molecule has 23 heteroatoms. The lowest BCUT2D eigenvalue weighted by atomic mass is 9.89. The number of aromatic nitrogens is 4. The average molecular weight is 1110 g/mol. The third-order valence-corrected chi connectivity index (χ3v) is 16.9. The number of rotatable bonds is 18. The Bertz CT molecular complexity index is 3480. The van der Waals surface area contributed by atoms with E-state index in [4.69, 9.17) is 14.3 Å². The van der Waals surface area contributed by atoms with E-state index in [9.17, 15) is 32.3 Å². The first-order valence-electron chi connectivity index (χ1n) is 26.2. The molecule has 1 fully saturated rings. The number of hydrazine groups is 1. The van der Waals surface area contributed by atoms with Gasteiger partial charge < -0.3 is 44.8 Å². The van der Waals surface area contributed by atoms with Gasteiger partial charge in [-0.25, -0.2) is 32.2 Å². The zero-order valence-electron chi connectivity index (χ0n) is 44.5. The molecule has 5 atom stereocenters. The standard InChI is InChI=1S/C55H63F2N11O8S2/c1-8-68-55(5,33-14-12-32(13-15-33)49-31(4)61-29-77-49)62-50(63-68)41-23-35(69)26-67(41)54(72)44(30(2)3)42-24-43(64-76-42)75-21-11-9-10-18-59-52(70)45-37-27-66(51-39(57)22-34(56)25-60-51)40-16-19-58-48(46(37)40)47-36(17-20-65(6)53(47)71)38(45)28-78(7,73)74/h12-15,17,20,22,24-25,27,29-30,35,40-41,44,58,69H,8-11,16,18-19,21,23,26,28H2,1-7H3,(H,59,70)(H,62,63)/t35-,40?,41-,44-,55-/m1/s1. The van der Waals surface area contributed by atoms with Crippen molar-refractivity contribution < 1.29 is 41.2 Å². The van der Waals surface area contributed by atoms with Crippen LogP contribution < -0.4 is 31.3 Å². The van der Waals surface area contributed by atoms with Crippen LogP contribution in [-0.2, 0) is 32.1 Å². The number of ether oxygens (including phenoxy) is 1. The van der Waals surface area contributed by atoms with Crippen LogP contribution in [0.15, 0.2) is 97.6 Å². The van der Waals surface area contributed by atoms with Crippen molar-refractivity contribution in [3.8, 4) is 16.3 Å². The number of nitrogens with zero attached hydrogens (tertiary/aromatic N) is 8. The molecule has 1 aromatic carbocycles. The summed E-state index contributed by atoms with van der Waals surface area (Å²) < 4.78 is 69.0. The van der Waals surface area contributed by atoms with Gasteiger partial charge in [0.25, 0.3) is 17.3 Å². The largest absolute Gasteiger partial charge is 0.476 e. The Labute approximate surface area is 454 Å². The number of benzene rings is 1. The molecule has 1 unspecified atom stereocenters. The number of anilines is 1. The van der Waals surface area contributed by atoms with Gasteiger partial charge in [0.05, 0.1) is 69.7 Å². The van der Waals surface area contributed by atoms with Gasteiger partial charge in [0, 0.05) is 81.6 Å². The number of nitrogens with one attached hydrogen (secondary N) is 3. The number of carbonyl (C=O) groups excluding carboxylic acids is 2. The molecule has 4 aliphatic heterocycles. The highest BCUT2D eigenvalue weighted by atomic mass is 32.2. The van der Waals surface area contributed by atoms with E-state index >= 15 is 4.39 Å². The fourth-order valence-electron chi connectivity index (χ4n) is 11.4. The van der Waals surface area contributed by atoms with Crippen molar-refractivity contribution in [3.05, 3.63) is 133 Å². The van der Waals surface area contributed by atoms with E-state index in [1.54, 1.807) is 35.4 Å². The second kappa shape index (κ2) is 21.6. The maximum atomic E-state index is 15.4. The molecule has 8 heterocycles. The van der Waals surface area contributed by atoms with Gasteiger partial charge in [-0.3, -0.25) is 14.4 Å². The van der Waals surface area contributed by atoms with Gasteiger partial charge in [0.15, 0.2) is 32.9 Å². The molecule has 0 radical (unpaired) electrons. The second-order valence-corrected chi connectivity index (χ2v) is 23.9. The van der Waals surface area contributed by atoms with Crippen LogP contribution >= 0.6 is 11.3 Å². The van der Waals surface area contributed by atoms with E-state index in [1.165, 1.54) is 21.9 Å². The van der Waals surface area contributed by atoms with Crippen LogP contribution in [0, 0.1) is 24.5 Å². The van der Waals surface area contributed by atoms with Crippen molar-refractivity contribution in [2.45, 2.75) is 96.5 Å². The van der Waals surface area contributed by atoms with Gasteiger partial charge in [-0.1, -0.05) is 45.0 Å². The number of aryl methyl sites for hydroxylation is 2. The molecule has 5 aliphatic rings. The summed E-state index contributed by atoms with van der Waals surface area (Å²) >= 11 is 1.60. The number of aliphatic hydroxyl groups excluding tert-OH is 1. The number of pyridine rings is 2. The normalized spacial score (nSPS) is 21.5. The topological polar surface area (TPSA) is 230 Å². The van der Waals surface area contributed by atoms with Crippen molar-refractivity contribution in [2.24, 2.45) is 18.0 Å². The van der Waals surface area contributed by atoms with Gasteiger partial charge in [-0.15, -0.1) is 11.3 Å². The van der Waals surface area contributed by atoms with Crippen LogP contribution in [-0.4, -0.2) is 124 Å². The number of likely N-dealkylation sites (tertiary alicyclic amines) is 1. The molecule has 1 saturated heterocycles. The predicted molar refractivity (Wildman–Crippen MR) is 292 cm³/mol. The second-order valence-electron chi connectivity index (χ2n) is 20.9. The number of amidine groups is 1. The van der Waals surface area contributed by atoms with Crippen molar-refractivity contribution >= 4 is 55.9 Å². The number of aliphatic hydroxyl groups is 1. The van der Waals surface area contributed by atoms with Crippen molar-refractivity contribution in [1.82, 2.24) is 45.7 Å². The first-order chi connectivity index (χ1) is 37.3. The molecule has 0 spiro atoms. The SMILES string of the molecule is CCN1NC([C@H]2C[C@@H](O)CN2C(=O)[C@@H](c2cc(OCCCCCNC(=O)C3=C(CS(C)(=O)=O)c4ccn(C)c(=O)c4C4=C5C3=CN(c3ncc(F)cc3F)C5CCN4)no2)C(C)C)=N[C@@]1(C)c1ccc(-c2scnc2C)cc1. The maximum Gasteiger partial charge on any atom is 0.260 e. The molecule has 4 N–H and O–H groups in total. The summed E-state index contributed by atoms with van der Waals surface area (Å²) in [5.74, 6) is -3.20. The number of carbonyl (C=O) groups is 2. The Balaban J connectivity index is 0.799. The Morgan fingerprint density at radius 2 is 1.87 bits per heavy atom. The number of hydrogen-bond donors (Lipinski definition) is 4. The molecule has 78 heavy (non-hydrogen) atoms. The number of fused-ring (bicyclic) bond motifs is 2. The minimum absolute atomic E-state index is 0.0220. The molecule has 4 aromatic heterocycles. The van der Waals surface area contributed by atoms with E-state index in [-0.39, 0.29) is 65.5 Å². The lowest BCUT2D eigenvalue weighted by Crippen LogP contribution is -2.51. The van der Waals surface area contributed by atoms with Gasteiger partial charge >= 0.3 is 0 Å². The summed E-state index contributed by atoms with van der Waals surface area (Å²) in [5, 5.41) is 23.5. The van der Waals surface area contributed by atoms with Gasteiger partial charge in [0.1, 0.15) is 17.6 Å². The van der Waals surface area contributed by atoms with Crippen LogP contribution in [0.25, 0.3) is 21.7 Å². The number of halogens is 2. The highest BCUT2D eigenvalue weighted by Gasteiger charge is 2.48. The Hall–Kier alpha value is -7.08. The zero-order chi connectivity index (χ0) is 55.4. The van der Waals surface area contributed by atoms with E-state index in [2.05, 4.69) is 55.4 Å². The van der Waals surface area contributed by atoms with Crippen molar-refractivity contribution in [3.63, 3.8) is 0 Å².